The fourth-order valence-electron chi connectivity index (χ4n) is 1.78. The van der Waals surface area contributed by atoms with E-state index in [-0.39, 0.29) is 11.8 Å². The van der Waals surface area contributed by atoms with Gasteiger partial charge in [0.05, 0.1) is 5.02 Å². The number of nitrogens with zero attached hydrogens (tertiary/aromatic N) is 1. The highest BCUT2D eigenvalue weighted by Crippen LogP contribution is 2.23. The fourth-order valence-corrected chi connectivity index (χ4v) is 2.28. The molecule has 2 rings (SSSR count). The van der Waals surface area contributed by atoms with E-state index < -0.39 is 0 Å². The first-order valence-corrected chi connectivity index (χ1v) is 6.76. The summed E-state index contributed by atoms with van der Waals surface area (Å²) in [4.78, 5) is 25.1. The Kier molecular flexibility index (Phi) is 4.24. The van der Waals surface area contributed by atoms with Crippen LogP contribution in [0.1, 0.15) is 16.8 Å². The molecular formula is C12H12BrClN2O2. The minimum atomic E-state index is -0.0798. The number of hydrogen-bond donors (Lipinski definition) is 1. The van der Waals surface area contributed by atoms with Crippen molar-refractivity contribution in [3.05, 3.63) is 33.3 Å². The first-order chi connectivity index (χ1) is 8.58. The second kappa shape index (κ2) is 5.71. The summed E-state index contributed by atoms with van der Waals surface area (Å²) < 4.78 is 0.694. The molecule has 0 aromatic heterocycles. The van der Waals surface area contributed by atoms with Gasteiger partial charge in [0.2, 0.25) is 5.91 Å². The first-order valence-electron chi connectivity index (χ1n) is 5.59. The van der Waals surface area contributed by atoms with E-state index >= 15 is 0 Å². The van der Waals surface area contributed by atoms with Crippen molar-refractivity contribution in [2.45, 2.75) is 6.42 Å². The lowest BCUT2D eigenvalue weighted by Gasteiger charge is -2.19. The van der Waals surface area contributed by atoms with Crippen LogP contribution in [0.15, 0.2) is 22.7 Å². The molecule has 1 aromatic rings. The lowest BCUT2D eigenvalue weighted by Crippen LogP contribution is -2.34. The Labute approximate surface area is 118 Å². The van der Waals surface area contributed by atoms with Gasteiger partial charge in [0.15, 0.2) is 0 Å². The predicted molar refractivity (Wildman–Crippen MR) is 72.7 cm³/mol. The van der Waals surface area contributed by atoms with E-state index in [1.165, 1.54) is 0 Å². The molecule has 1 aliphatic heterocycles. The highest BCUT2D eigenvalue weighted by atomic mass is 79.9. The van der Waals surface area contributed by atoms with E-state index in [0.29, 0.717) is 41.1 Å². The number of halogens is 2. The minimum Gasteiger partial charge on any atom is -0.354 e. The van der Waals surface area contributed by atoms with Crippen molar-refractivity contribution in [2.24, 2.45) is 0 Å². The van der Waals surface area contributed by atoms with Gasteiger partial charge >= 0.3 is 0 Å². The van der Waals surface area contributed by atoms with E-state index in [1.54, 1.807) is 23.1 Å². The van der Waals surface area contributed by atoms with Crippen LogP contribution in [0.2, 0.25) is 5.02 Å². The average molecular weight is 332 g/mol. The van der Waals surface area contributed by atoms with Crippen LogP contribution >= 0.6 is 27.5 Å². The van der Waals surface area contributed by atoms with Gasteiger partial charge in [-0.25, -0.2) is 0 Å². The lowest BCUT2D eigenvalue weighted by molar-refractivity contribution is -0.120. The molecule has 1 saturated heterocycles. The van der Waals surface area contributed by atoms with Gasteiger partial charge in [-0.3, -0.25) is 9.59 Å². The van der Waals surface area contributed by atoms with Crippen molar-refractivity contribution in [3.63, 3.8) is 0 Å². The van der Waals surface area contributed by atoms with E-state index in [1.807, 2.05) is 0 Å². The normalized spacial score (nSPS) is 16.1. The van der Waals surface area contributed by atoms with Gasteiger partial charge in [-0.2, -0.15) is 0 Å². The summed E-state index contributed by atoms with van der Waals surface area (Å²) in [7, 11) is 0. The van der Waals surface area contributed by atoms with Gasteiger partial charge in [0, 0.05) is 36.1 Å². The zero-order valence-electron chi connectivity index (χ0n) is 9.58. The number of hydrogen-bond acceptors (Lipinski definition) is 2. The smallest absolute Gasteiger partial charge is 0.253 e. The van der Waals surface area contributed by atoms with Crippen LogP contribution in [0.3, 0.4) is 0 Å². The van der Waals surface area contributed by atoms with Crippen molar-refractivity contribution in [1.82, 2.24) is 10.2 Å². The van der Waals surface area contributed by atoms with Gasteiger partial charge in [0.25, 0.3) is 5.91 Å². The number of nitrogens with one attached hydrogen (secondary N) is 1. The van der Waals surface area contributed by atoms with Gasteiger partial charge < -0.3 is 10.2 Å². The van der Waals surface area contributed by atoms with Gasteiger partial charge in [0.1, 0.15) is 0 Å². The number of benzene rings is 1. The Morgan fingerprint density at radius 3 is 2.89 bits per heavy atom. The average Bonchev–Trinajstić information content (AvgIpc) is 2.57. The summed E-state index contributed by atoms with van der Waals surface area (Å²) in [5, 5.41) is 3.31. The molecule has 4 nitrogen and oxygen atoms in total. The van der Waals surface area contributed by atoms with Crippen LogP contribution in [-0.2, 0) is 4.79 Å². The van der Waals surface area contributed by atoms with E-state index in [0.717, 1.165) is 0 Å². The van der Waals surface area contributed by atoms with Gasteiger partial charge in [-0.1, -0.05) is 11.6 Å². The predicted octanol–water partition coefficient (Wildman–Crippen LogP) is 2.06. The van der Waals surface area contributed by atoms with Crippen molar-refractivity contribution >= 4 is 39.3 Å². The molecule has 1 aliphatic rings. The maximum Gasteiger partial charge on any atom is 0.253 e. The summed E-state index contributed by atoms with van der Waals surface area (Å²) in [5.74, 6) is -0.0912. The fraction of sp³-hybridized carbons (Fsp3) is 0.333. The molecule has 1 N–H and O–H groups in total. The SMILES string of the molecule is O=C1CCN(C(=O)c2ccc(Cl)c(Br)c2)CCN1. The van der Waals surface area contributed by atoms with Crippen LogP contribution < -0.4 is 5.32 Å². The molecule has 1 heterocycles. The third-order valence-electron chi connectivity index (χ3n) is 2.77. The molecule has 2 amide bonds. The number of rotatable bonds is 1. The molecule has 18 heavy (non-hydrogen) atoms. The van der Waals surface area contributed by atoms with Crippen LogP contribution in [0, 0.1) is 0 Å². The van der Waals surface area contributed by atoms with Gasteiger partial charge in [-0.05, 0) is 34.1 Å². The molecule has 0 unspecified atom stereocenters. The quantitative estimate of drug-likeness (QED) is 0.856. The zero-order chi connectivity index (χ0) is 13.1. The maximum absolute atomic E-state index is 12.2. The lowest BCUT2D eigenvalue weighted by atomic mass is 10.2. The monoisotopic (exact) mass is 330 g/mol. The number of amides is 2. The summed E-state index contributed by atoms with van der Waals surface area (Å²) in [5.41, 5.74) is 0.570. The molecule has 0 radical (unpaired) electrons. The van der Waals surface area contributed by atoms with Crippen LogP contribution in [-0.4, -0.2) is 36.3 Å². The molecule has 0 atom stereocenters. The molecule has 0 bridgehead atoms. The summed E-state index contributed by atoms with van der Waals surface area (Å²) in [6.07, 6.45) is 0.348. The molecule has 0 saturated carbocycles. The first kappa shape index (κ1) is 13.4. The summed E-state index contributed by atoms with van der Waals surface area (Å²) in [6.45, 7) is 1.48. The Bertz CT molecular complexity index is 493. The molecule has 1 fully saturated rings. The molecule has 0 spiro atoms. The Hall–Kier alpha value is -1.07. The zero-order valence-corrected chi connectivity index (χ0v) is 11.9. The van der Waals surface area contributed by atoms with Crippen LogP contribution in [0.4, 0.5) is 0 Å². The highest BCUT2D eigenvalue weighted by Gasteiger charge is 2.20. The van der Waals surface area contributed by atoms with Crippen molar-refractivity contribution in [2.75, 3.05) is 19.6 Å². The summed E-state index contributed by atoms with van der Waals surface area (Å²) >= 11 is 9.18. The van der Waals surface area contributed by atoms with Crippen molar-refractivity contribution < 1.29 is 9.59 Å². The van der Waals surface area contributed by atoms with Gasteiger partial charge in [-0.15, -0.1) is 0 Å². The Morgan fingerprint density at radius 2 is 2.17 bits per heavy atom. The molecule has 1 aromatic carbocycles. The third kappa shape index (κ3) is 3.03. The maximum atomic E-state index is 12.2. The largest absolute Gasteiger partial charge is 0.354 e. The second-order valence-corrected chi connectivity index (χ2v) is 5.28. The van der Waals surface area contributed by atoms with E-state index in [9.17, 15) is 9.59 Å². The van der Waals surface area contributed by atoms with Crippen LogP contribution in [0.5, 0.6) is 0 Å². The van der Waals surface area contributed by atoms with Crippen molar-refractivity contribution in [1.29, 1.82) is 0 Å². The Balaban J connectivity index is 2.14. The summed E-state index contributed by atoms with van der Waals surface area (Å²) in [6, 6.07) is 5.07. The Morgan fingerprint density at radius 1 is 1.39 bits per heavy atom. The second-order valence-electron chi connectivity index (χ2n) is 4.02. The molecular weight excluding hydrogens is 320 g/mol. The van der Waals surface area contributed by atoms with Crippen molar-refractivity contribution in [3.8, 4) is 0 Å². The van der Waals surface area contributed by atoms with Crippen LogP contribution in [0.25, 0.3) is 0 Å². The highest BCUT2D eigenvalue weighted by molar-refractivity contribution is 9.10. The third-order valence-corrected chi connectivity index (χ3v) is 3.98. The molecule has 96 valence electrons. The van der Waals surface area contributed by atoms with E-state index in [2.05, 4.69) is 21.2 Å². The number of carbonyl (C=O) groups excluding carboxylic acids is 2. The topological polar surface area (TPSA) is 49.4 Å². The minimum absolute atomic E-state index is 0.0115. The molecule has 0 aliphatic carbocycles. The number of carbonyl (C=O) groups is 2. The van der Waals surface area contributed by atoms with E-state index in [4.69, 9.17) is 11.6 Å². The standard InChI is InChI=1S/C12H12BrClN2O2/c13-9-7-8(1-2-10(9)14)12(18)16-5-3-11(17)15-4-6-16/h1-2,7H,3-6H2,(H,15,17). The molecule has 6 heteroatoms.